The van der Waals surface area contributed by atoms with Crippen LogP contribution >= 0.6 is 0 Å². The molecular weight excluding hydrogens is 340 g/mol. The van der Waals surface area contributed by atoms with Crippen molar-refractivity contribution < 1.29 is 14.3 Å². The van der Waals surface area contributed by atoms with Crippen LogP contribution in [0.1, 0.15) is 53.5 Å². The van der Waals surface area contributed by atoms with Gasteiger partial charge in [-0.1, -0.05) is 30.3 Å². The number of aryl methyl sites for hydroxylation is 1. The van der Waals surface area contributed by atoms with E-state index in [0.29, 0.717) is 12.1 Å². The minimum atomic E-state index is -0.430. The van der Waals surface area contributed by atoms with Gasteiger partial charge in [0.25, 0.3) is 5.91 Å². The molecule has 1 saturated heterocycles. The minimum absolute atomic E-state index is 0.103. The van der Waals surface area contributed by atoms with E-state index in [0.717, 1.165) is 37.2 Å². The lowest BCUT2D eigenvalue weighted by Gasteiger charge is -2.33. The van der Waals surface area contributed by atoms with E-state index in [-0.39, 0.29) is 18.6 Å². The van der Waals surface area contributed by atoms with Gasteiger partial charge in [0.2, 0.25) is 0 Å². The Kier molecular flexibility index (Phi) is 5.99. The molecule has 0 bridgehead atoms. The number of hydrogen-bond acceptors (Lipinski definition) is 3. The van der Waals surface area contributed by atoms with Gasteiger partial charge in [-0.25, -0.2) is 4.79 Å². The van der Waals surface area contributed by atoms with Gasteiger partial charge < -0.3 is 14.2 Å². The highest BCUT2D eigenvalue weighted by molar-refractivity contribution is 5.92. The van der Waals surface area contributed by atoms with Crippen molar-refractivity contribution in [1.29, 1.82) is 0 Å². The predicted octanol–water partition coefficient (Wildman–Crippen LogP) is 3.71. The molecule has 0 N–H and O–H groups in total. The van der Waals surface area contributed by atoms with Crippen LogP contribution in [-0.2, 0) is 16.1 Å². The molecule has 0 radical (unpaired) electrons. The molecule has 1 atom stereocenters. The van der Waals surface area contributed by atoms with Crippen LogP contribution in [0.2, 0.25) is 0 Å². The molecule has 0 unspecified atom stereocenters. The Labute approximate surface area is 160 Å². The number of hydrogen-bond donors (Lipinski definition) is 0. The summed E-state index contributed by atoms with van der Waals surface area (Å²) >= 11 is 0. The van der Waals surface area contributed by atoms with Crippen LogP contribution in [0.25, 0.3) is 0 Å². The molecule has 144 valence electrons. The van der Waals surface area contributed by atoms with Gasteiger partial charge in [-0.2, -0.15) is 0 Å². The molecule has 0 aliphatic carbocycles. The number of amides is 1. The summed E-state index contributed by atoms with van der Waals surface area (Å²) in [6.07, 6.45) is 3.18. The number of carbonyl (C=O) groups excluding carboxylic acids is 2. The van der Waals surface area contributed by atoms with E-state index in [1.54, 1.807) is 0 Å². The van der Waals surface area contributed by atoms with Crippen LogP contribution in [0.15, 0.2) is 36.4 Å². The molecule has 27 heavy (non-hydrogen) atoms. The SMILES string of the molecule is Cc1cc(C(=O)OCC(=O)N2CCCC[C@H]2C)c(C)n1Cc1ccccc1. The van der Waals surface area contributed by atoms with Crippen LogP contribution in [0, 0.1) is 13.8 Å². The monoisotopic (exact) mass is 368 g/mol. The lowest BCUT2D eigenvalue weighted by atomic mass is 10.0. The summed E-state index contributed by atoms with van der Waals surface area (Å²) in [7, 11) is 0. The highest BCUT2D eigenvalue weighted by Gasteiger charge is 2.25. The van der Waals surface area contributed by atoms with Gasteiger partial charge in [-0.05, 0) is 51.7 Å². The van der Waals surface area contributed by atoms with Crippen LogP contribution in [0.4, 0.5) is 0 Å². The van der Waals surface area contributed by atoms with Gasteiger partial charge in [0, 0.05) is 30.5 Å². The van der Waals surface area contributed by atoms with Crippen molar-refractivity contribution in [2.75, 3.05) is 13.2 Å². The quantitative estimate of drug-likeness (QED) is 0.756. The van der Waals surface area contributed by atoms with Gasteiger partial charge in [0.05, 0.1) is 5.56 Å². The maximum Gasteiger partial charge on any atom is 0.340 e. The fraction of sp³-hybridized carbons (Fsp3) is 0.455. The topological polar surface area (TPSA) is 51.5 Å². The van der Waals surface area contributed by atoms with Gasteiger partial charge in [0.1, 0.15) is 0 Å². The molecule has 2 heterocycles. The number of nitrogens with zero attached hydrogens (tertiary/aromatic N) is 2. The zero-order valence-corrected chi connectivity index (χ0v) is 16.4. The van der Waals surface area contributed by atoms with Crippen molar-refractivity contribution in [2.45, 2.75) is 52.6 Å². The summed E-state index contributed by atoms with van der Waals surface area (Å²) in [5.41, 5.74) is 3.57. The average Bonchev–Trinajstić information content (AvgIpc) is 2.95. The molecule has 0 saturated carbocycles. The van der Waals surface area contributed by atoms with E-state index in [2.05, 4.69) is 23.6 Å². The third-order valence-corrected chi connectivity index (χ3v) is 5.43. The highest BCUT2D eigenvalue weighted by atomic mass is 16.5. The second kappa shape index (κ2) is 8.42. The first kappa shape index (κ1) is 19.2. The van der Waals surface area contributed by atoms with E-state index in [1.807, 2.05) is 43.0 Å². The Bertz CT molecular complexity index is 810. The van der Waals surface area contributed by atoms with Gasteiger partial charge in [-0.15, -0.1) is 0 Å². The number of benzene rings is 1. The first-order chi connectivity index (χ1) is 13.0. The normalized spacial score (nSPS) is 17.0. The molecule has 5 nitrogen and oxygen atoms in total. The lowest BCUT2D eigenvalue weighted by molar-refractivity contribution is -0.137. The molecule has 3 rings (SSSR count). The number of aromatic nitrogens is 1. The standard InChI is InChI=1S/C22H28N2O3/c1-16-9-7-8-12-23(16)21(25)15-27-22(26)20-13-17(2)24(18(20)3)14-19-10-5-4-6-11-19/h4-6,10-11,13,16H,7-9,12,14-15H2,1-3H3/t16-/m1/s1. The van der Waals surface area contributed by atoms with E-state index in [1.165, 1.54) is 5.56 Å². The molecule has 1 amide bonds. The van der Waals surface area contributed by atoms with Crippen molar-refractivity contribution in [3.8, 4) is 0 Å². The molecule has 1 fully saturated rings. The summed E-state index contributed by atoms with van der Waals surface area (Å²) in [5.74, 6) is -0.533. The van der Waals surface area contributed by atoms with Crippen LogP contribution in [0.5, 0.6) is 0 Å². The highest BCUT2D eigenvalue weighted by Crippen LogP contribution is 2.19. The predicted molar refractivity (Wildman–Crippen MR) is 105 cm³/mol. The molecule has 0 spiro atoms. The smallest absolute Gasteiger partial charge is 0.340 e. The number of carbonyl (C=O) groups is 2. The minimum Gasteiger partial charge on any atom is -0.452 e. The summed E-state index contributed by atoms with van der Waals surface area (Å²) < 4.78 is 7.45. The number of esters is 1. The third-order valence-electron chi connectivity index (χ3n) is 5.43. The van der Waals surface area contributed by atoms with Crippen molar-refractivity contribution >= 4 is 11.9 Å². The fourth-order valence-corrected chi connectivity index (χ4v) is 3.77. The first-order valence-electron chi connectivity index (χ1n) is 9.64. The summed E-state index contributed by atoms with van der Waals surface area (Å²) in [6, 6.07) is 12.2. The zero-order chi connectivity index (χ0) is 19.4. The molecule has 2 aromatic rings. The second-order valence-corrected chi connectivity index (χ2v) is 7.36. The number of ether oxygens (including phenoxy) is 1. The summed E-state index contributed by atoms with van der Waals surface area (Å²) in [4.78, 5) is 26.8. The molecule has 1 aromatic carbocycles. The van der Waals surface area contributed by atoms with Crippen LogP contribution in [0.3, 0.4) is 0 Å². The van der Waals surface area contributed by atoms with Crippen molar-refractivity contribution in [2.24, 2.45) is 0 Å². The van der Waals surface area contributed by atoms with E-state index in [9.17, 15) is 9.59 Å². The zero-order valence-electron chi connectivity index (χ0n) is 16.4. The summed E-state index contributed by atoms with van der Waals surface area (Å²) in [5, 5.41) is 0. The van der Waals surface area contributed by atoms with Gasteiger partial charge in [-0.3, -0.25) is 4.79 Å². The first-order valence-corrected chi connectivity index (χ1v) is 9.64. The van der Waals surface area contributed by atoms with Crippen molar-refractivity contribution in [1.82, 2.24) is 9.47 Å². The van der Waals surface area contributed by atoms with Crippen molar-refractivity contribution in [3.05, 3.63) is 58.9 Å². The number of piperidine rings is 1. The maximum absolute atomic E-state index is 12.5. The van der Waals surface area contributed by atoms with E-state index >= 15 is 0 Å². The number of rotatable bonds is 5. The summed E-state index contributed by atoms with van der Waals surface area (Å²) in [6.45, 7) is 7.22. The van der Waals surface area contributed by atoms with Crippen LogP contribution < -0.4 is 0 Å². The lowest BCUT2D eigenvalue weighted by Crippen LogP contribution is -2.44. The van der Waals surface area contributed by atoms with E-state index < -0.39 is 5.97 Å². The van der Waals surface area contributed by atoms with Crippen molar-refractivity contribution in [3.63, 3.8) is 0 Å². The van der Waals surface area contributed by atoms with E-state index in [4.69, 9.17) is 4.74 Å². The Morgan fingerprint density at radius 2 is 1.89 bits per heavy atom. The van der Waals surface area contributed by atoms with Gasteiger partial charge >= 0.3 is 5.97 Å². The molecule has 1 aliphatic heterocycles. The Hall–Kier alpha value is -2.56. The fourth-order valence-electron chi connectivity index (χ4n) is 3.77. The maximum atomic E-state index is 12.5. The Balaban J connectivity index is 1.65. The largest absolute Gasteiger partial charge is 0.452 e. The molecule has 5 heteroatoms. The second-order valence-electron chi connectivity index (χ2n) is 7.36. The van der Waals surface area contributed by atoms with Gasteiger partial charge in [0.15, 0.2) is 6.61 Å². The Morgan fingerprint density at radius 3 is 2.59 bits per heavy atom. The Morgan fingerprint density at radius 1 is 1.15 bits per heavy atom. The molecule has 1 aliphatic rings. The molecular formula is C22H28N2O3. The average molecular weight is 368 g/mol. The third kappa shape index (κ3) is 4.41. The molecule has 1 aromatic heterocycles. The van der Waals surface area contributed by atoms with Crippen LogP contribution in [-0.4, -0.2) is 40.5 Å². The number of likely N-dealkylation sites (tertiary alicyclic amines) is 1.